The third-order valence-corrected chi connectivity index (χ3v) is 9.52. The largest absolute Gasteiger partial charge is 0.469 e. The zero-order chi connectivity index (χ0) is 26.7. The Hall–Kier alpha value is -2.58. The normalized spacial score (nSPS) is 22.0. The number of anilines is 2. The topological polar surface area (TPSA) is 87.2 Å². The van der Waals surface area contributed by atoms with Crippen molar-refractivity contribution in [1.82, 2.24) is 0 Å². The van der Waals surface area contributed by atoms with Gasteiger partial charge in [-0.1, -0.05) is 32.9 Å². The number of nitrogens with zero attached hydrogens (tertiary/aromatic N) is 2. The molecule has 1 heterocycles. The Morgan fingerprint density at radius 3 is 2.35 bits per heavy atom. The molecule has 0 bridgehead atoms. The number of benzene rings is 2. The van der Waals surface area contributed by atoms with E-state index in [2.05, 4.69) is 11.8 Å². The summed E-state index contributed by atoms with van der Waals surface area (Å²) in [5, 5.41) is 10.9. The van der Waals surface area contributed by atoms with Crippen LogP contribution in [0, 0.1) is 11.8 Å². The van der Waals surface area contributed by atoms with E-state index in [0.717, 1.165) is 43.4 Å². The summed E-state index contributed by atoms with van der Waals surface area (Å²) in [6.07, 6.45) is 4.01. The van der Waals surface area contributed by atoms with Crippen molar-refractivity contribution in [3.8, 4) is 0 Å². The van der Waals surface area contributed by atoms with E-state index in [0.29, 0.717) is 30.8 Å². The molecule has 7 nitrogen and oxygen atoms in total. The Labute approximate surface area is 221 Å². The third-order valence-electron chi connectivity index (χ3n) is 7.73. The second-order valence-corrected chi connectivity index (χ2v) is 12.6. The number of carbonyl (C=O) groups is 1. The maximum atomic E-state index is 13.9. The number of esters is 1. The number of hydrogen-bond donors (Lipinski definition) is 1. The van der Waals surface area contributed by atoms with Crippen LogP contribution in [0.1, 0.15) is 70.1 Å². The first-order chi connectivity index (χ1) is 17.6. The Morgan fingerprint density at radius 2 is 1.76 bits per heavy atom. The van der Waals surface area contributed by atoms with Crippen LogP contribution in [0.4, 0.5) is 11.4 Å². The van der Waals surface area contributed by atoms with Gasteiger partial charge in [-0.25, -0.2) is 8.42 Å². The number of ether oxygens (including phenoxy) is 1. The van der Waals surface area contributed by atoms with E-state index in [1.807, 2.05) is 44.2 Å². The van der Waals surface area contributed by atoms with Gasteiger partial charge >= 0.3 is 5.97 Å². The van der Waals surface area contributed by atoms with Gasteiger partial charge in [-0.2, -0.15) is 0 Å². The molecule has 0 spiro atoms. The molecule has 2 aliphatic rings. The number of aliphatic hydroxyl groups is 1. The van der Waals surface area contributed by atoms with Gasteiger partial charge in [0.1, 0.15) is 0 Å². The van der Waals surface area contributed by atoms with Gasteiger partial charge in [0, 0.05) is 30.4 Å². The van der Waals surface area contributed by atoms with Crippen molar-refractivity contribution in [2.75, 3.05) is 29.4 Å². The average Bonchev–Trinajstić information content (AvgIpc) is 2.91. The number of carbonyl (C=O) groups excluding carboxylic acids is 1. The average molecular weight is 529 g/mol. The molecule has 1 aliphatic carbocycles. The van der Waals surface area contributed by atoms with Crippen molar-refractivity contribution >= 4 is 27.4 Å². The minimum Gasteiger partial charge on any atom is -0.469 e. The molecule has 202 valence electrons. The predicted molar refractivity (Wildman–Crippen MR) is 146 cm³/mol. The Kier molecular flexibility index (Phi) is 8.49. The number of hydrogen-bond acceptors (Lipinski definition) is 6. The highest BCUT2D eigenvalue weighted by Gasteiger charge is 2.35. The van der Waals surface area contributed by atoms with Crippen LogP contribution in [0.15, 0.2) is 47.4 Å². The molecule has 1 unspecified atom stereocenters. The number of sulfonamides is 1. The molecule has 1 atom stereocenters. The maximum Gasteiger partial charge on any atom is 0.308 e. The lowest BCUT2D eigenvalue weighted by molar-refractivity contribution is -0.146. The van der Waals surface area contributed by atoms with Gasteiger partial charge in [-0.05, 0) is 80.3 Å². The van der Waals surface area contributed by atoms with Crippen molar-refractivity contribution in [2.24, 2.45) is 11.8 Å². The molecule has 0 radical (unpaired) electrons. The van der Waals surface area contributed by atoms with E-state index < -0.39 is 16.1 Å². The molecule has 0 amide bonds. The number of methoxy groups -OCH3 is 1. The van der Waals surface area contributed by atoms with E-state index in [-0.39, 0.29) is 28.7 Å². The van der Waals surface area contributed by atoms with Gasteiger partial charge < -0.3 is 14.7 Å². The van der Waals surface area contributed by atoms with Gasteiger partial charge in [-0.3, -0.25) is 9.10 Å². The molecule has 1 N–H and O–H groups in total. The van der Waals surface area contributed by atoms with Gasteiger partial charge in [-0.15, -0.1) is 0 Å². The Morgan fingerprint density at radius 1 is 1.08 bits per heavy atom. The van der Waals surface area contributed by atoms with Gasteiger partial charge in [0.25, 0.3) is 10.0 Å². The van der Waals surface area contributed by atoms with Crippen LogP contribution in [0.5, 0.6) is 0 Å². The van der Waals surface area contributed by atoms with Crippen LogP contribution in [0.25, 0.3) is 0 Å². The summed E-state index contributed by atoms with van der Waals surface area (Å²) in [4.78, 5) is 14.4. The van der Waals surface area contributed by atoms with Gasteiger partial charge in [0.05, 0.1) is 29.7 Å². The van der Waals surface area contributed by atoms with Gasteiger partial charge in [0.15, 0.2) is 0 Å². The lowest BCUT2D eigenvalue weighted by atomic mass is 9.84. The molecule has 4 rings (SSSR count). The lowest BCUT2D eigenvalue weighted by Crippen LogP contribution is -2.43. The number of aryl methyl sites for hydroxylation is 1. The summed E-state index contributed by atoms with van der Waals surface area (Å²) >= 11 is 0. The van der Waals surface area contributed by atoms with Crippen molar-refractivity contribution < 1.29 is 23.1 Å². The summed E-state index contributed by atoms with van der Waals surface area (Å²) in [5.41, 5.74) is 3.35. The quantitative estimate of drug-likeness (QED) is 0.481. The van der Waals surface area contributed by atoms with Crippen LogP contribution >= 0.6 is 0 Å². The molecule has 1 aliphatic heterocycles. The fraction of sp³-hybridized carbons (Fsp3) is 0.552. The van der Waals surface area contributed by atoms with E-state index in [4.69, 9.17) is 4.74 Å². The van der Waals surface area contributed by atoms with Crippen molar-refractivity contribution in [3.63, 3.8) is 0 Å². The molecule has 8 heteroatoms. The van der Waals surface area contributed by atoms with Crippen LogP contribution in [0.3, 0.4) is 0 Å². The van der Waals surface area contributed by atoms with Crippen molar-refractivity contribution in [1.29, 1.82) is 0 Å². The number of aliphatic hydroxyl groups excluding tert-OH is 1. The van der Waals surface area contributed by atoms with E-state index >= 15 is 0 Å². The molecule has 37 heavy (non-hydrogen) atoms. The van der Waals surface area contributed by atoms with Crippen LogP contribution < -0.4 is 9.21 Å². The predicted octanol–water partition coefficient (Wildman–Crippen LogP) is 5.08. The van der Waals surface area contributed by atoms with Gasteiger partial charge in [0.2, 0.25) is 0 Å². The molecular formula is C29H40N2O5S. The maximum absolute atomic E-state index is 13.9. The zero-order valence-electron chi connectivity index (χ0n) is 22.4. The third kappa shape index (κ3) is 5.80. The molecule has 1 fully saturated rings. The lowest BCUT2D eigenvalue weighted by Gasteiger charge is -2.42. The second-order valence-electron chi connectivity index (χ2n) is 10.7. The number of rotatable bonds is 8. The molecule has 0 saturated heterocycles. The van der Waals surface area contributed by atoms with Crippen LogP contribution in [-0.2, 0) is 26.0 Å². The molecule has 2 aromatic rings. The monoisotopic (exact) mass is 528 g/mol. The molecule has 2 aromatic carbocycles. The van der Waals surface area contributed by atoms with Crippen molar-refractivity contribution in [2.45, 2.75) is 76.3 Å². The SMILES string of the molecule is CCc1ccc(N(CC(C)C)S(=O)(=O)c2ccc3c(c2)C(O)CCN3[C@H]2CC[C@H](C(=O)OC)CC2)cc1. The summed E-state index contributed by atoms with van der Waals surface area (Å²) in [7, 11) is -2.40. The zero-order valence-corrected chi connectivity index (χ0v) is 23.2. The fourth-order valence-electron chi connectivity index (χ4n) is 5.63. The highest BCUT2D eigenvalue weighted by atomic mass is 32.2. The highest BCUT2D eigenvalue weighted by Crippen LogP contribution is 2.40. The van der Waals surface area contributed by atoms with Crippen LogP contribution in [0.2, 0.25) is 0 Å². The molecule has 1 saturated carbocycles. The van der Waals surface area contributed by atoms with E-state index in [1.54, 1.807) is 12.1 Å². The summed E-state index contributed by atoms with van der Waals surface area (Å²) < 4.78 is 34.2. The van der Waals surface area contributed by atoms with Crippen molar-refractivity contribution in [3.05, 3.63) is 53.6 Å². The first-order valence-corrected chi connectivity index (χ1v) is 14.9. The Bertz CT molecular complexity index is 1190. The summed E-state index contributed by atoms with van der Waals surface area (Å²) in [6, 6.07) is 13.1. The van der Waals surface area contributed by atoms with E-state index in [9.17, 15) is 18.3 Å². The van der Waals surface area contributed by atoms with E-state index in [1.165, 1.54) is 11.4 Å². The smallest absolute Gasteiger partial charge is 0.308 e. The number of fused-ring (bicyclic) bond motifs is 1. The minimum absolute atomic E-state index is 0.0537. The summed E-state index contributed by atoms with van der Waals surface area (Å²) in [5.74, 6) is -0.0561. The second kappa shape index (κ2) is 11.4. The first-order valence-electron chi connectivity index (χ1n) is 13.4. The first kappa shape index (κ1) is 27.5. The Balaban J connectivity index is 1.63. The van der Waals surface area contributed by atoms with Crippen LogP contribution in [-0.4, -0.2) is 45.7 Å². The summed E-state index contributed by atoms with van der Waals surface area (Å²) in [6.45, 7) is 7.16. The minimum atomic E-state index is -3.84. The molecule has 0 aromatic heterocycles. The molecular weight excluding hydrogens is 488 g/mol. The fourth-order valence-corrected chi connectivity index (χ4v) is 7.29. The standard InChI is InChI=1S/C29H40N2O5S/c1-5-21-6-10-24(11-7-21)31(19-20(2)3)37(34,35)25-14-15-27-26(18-25)28(32)16-17-30(27)23-12-8-22(9-13-23)29(33)36-4/h6-7,10-11,14-15,18,20,22-23,28,32H,5,8-9,12-13,16-17,19H2,1-4H3/t22-,23-,28?. The highest BCUT2D eigenvalue weighted by molar-refractivity contribution is 7.92.